The molecule has 0 spiro atoms. The lowest BCUT2D eigenvalue weighted by Gasteiger charge is -2.28. The molecule has 1 rings (SSSR count). The predicted octanol–water partition coefficient (Wildman–Crippen LogP) is 2.53. The first kappa shape index (κ1) is 11.3. The Morgan fingerprint density at radius 2 is 2.00 bits per heavy atom. The van der Waals surface area contributed by atoms with Gasteiger partial charge in [-0.05, 0) is 19.3 Å². The molecule has 1 fully saturated rings. The fourth-order valence-corrected chi connectivity index (χ4v) is 1.87. The Hall–Kier alpha value is -0.740. The van der Waals surface area contributed by atoms with Crippen LogP contribution < -0.4 is 0 Å². The van der Waals surface area contributed by atoms with Crippen molar-refractivity contribution in [2.45, 2.75) is 31.9 Å². The molecule has 14 heavy (non-hydrogen) atoms. The first-order chi connectivity index (χ1) is 6.45. The molecule has 0 bridgehead atoms. The summed E-state index contributed by atoms with van der Waals surface area (Å²) in [4.78, 5) is 11.0. The number of esters is 1. The number of halogens is 3. The molecule has 0 aromatic heterocycles. The van der Waals surface area contributed by atoms with Crippen molar-refractivity contribution in [3.63, 3.8) is 0 Å². The lowest BCUT2D eigenvalue weighted by Crippen LogP contribution is -2.32. The second kappa shape index (κ2) is 4.19. The molecule has 5 heteroatoms. The first-order valence-corrected chi connectivity index (χ1v) is 4.59. The summed E-state index contributed by atoms with van der Waals surface area (Å²) in [6.07, 6.45) is -3.19. The van der Waals surface area contributed by atoms with Crippen LogP contribution in [0.5, 0.6) is 0 Å². The Morgan fingerprint density at radius 3 is 2.50 bits per heavy atom. The highest BCUT2D eigenvalue weighted by Gasteiger charge is 2.43. The molecule has 1 aliphatic rings. The summed E-state index contributed by atoms with van der Waals surface area (Å²) in [5, 5.41) is 0. The summed E-state index contributed by atoms with van der Waals surface area (Å²) in [7, 11) is 1.21. The Bertz CT molecular complexity index is 213. The van der Waals surface area contributed by atoms with Gasteiger partial charge in [0.2, 0.25) is 0 Å². The van der Waals surface area contributed by atoms with E-state index in [1.165, 1.54) is 7.11 Å². The molecule has 1 saturated carbocycles. The van der Waals surface area contributed by atoms with Gasteiger partial charge < -0.3 is 4.74 Å². The zero-order chi connectivity index (χ0) is 10.8. The van der Waals surface area contributed by atoms with Crippen molar-refractivity contribution in [3.8, 4) is 0 Å². The Kier molecular flexibility index (Phi) is 3.39. The highest BCUT2D eigenvalue weighted by Crippen LogP contribution is 2.40. The van der Waals surface area contributed by atoms with E-state index in [9.17, 15) is 18.0 Å². The van der Waals surface area contributed by atoms with Crippen molar-refractivity contribution in [1.82, 2.24) is 0 Å². The third-order valence-corrected chi connectivity index (χ3v) is 2.67. The Balaban J connectivity index is 2.56. The second-order valence-electron chi connectivity index (χ2n) is 3.63. The molecule has 0 aliphatic heterocycles. The molecule has 82 valence electrons. The fourth-order valence-electron chi connectivity index (χ4n) is 1.87. The van der Waals surface area contributed by atoms with Crippen LogP contribution in [0.1, 0.15) is 25.7 Å². The highest BCUT2D eigenvalue weighted by atomic mass is 19.4. The van der Waals surface area contributed by atoms with Crippen molar-refractivity contribution in [2.24, 2.45) is 11.8 Å². The van der Waals surface area contributed by atoms with Gasteiger partial charge in [-0.15, -0.1) is 0 Å². The van der Waals surface area contributed by atoms with Gasteiger partial charge in [0.05, 0.1) is 18.9 Å². The number of carbonyl (C=O) groups is 1. The van der Waals surface area contributed by atoms with Crippen molar-refractivity contribution in [3.05, 3.63) is 0 Å². The average Bonchev–Trinajstić information content (AvgIpc) is 2.15. The molecule has 2 nitrogen and oxygen atoms in total. The molecular weight excluding hydrogens is 197 g/mol. The highest BCUT2D eigenvalue weighted by molar-refractivity contribution is 5.72. The molecule has 0 heterocycles. The average molecular weight is 210 g/mol. The van der Waals surface area contributed by atoms with E-state index < -0.39 is 24.0 Å². The van der Waals surface area contributed by atoms with Crippen LogP contribution >= 0.6 is 0 Å². The van der Waals surface area contributed by atoms with Gasteiger partial charge in [-0.1, -0.05) is 6.42 Å². The van der Waals surface area contributed by atoms with Crippen molar-refractivity contribution < 1.29 is 22.7 Å². The summed E-state index contributed by atoms with van der Waals surface area (Å²) < 4.78 is 41.4. The third kappa shape index (κ3) is 2.62. The Labute approximate surface area is 80.4 Å². The minimum Gasteiger partial charge on any atom is -0.469 e. The van der Waals surface area contributed by atoms with Gasteiger partial charge >= 0.3 is 12.1 Å². The molecule has 0 unspecified atom stereocenters. The zero-order valence-corrected chi connectivity index (χ0v) is 7.93. The van der Waals surface area contributed by atoms with Crippen LogP contribution in [0.3, 0.4) is 0 Å². The lowest BCUT2D eigenvalue weighted by atomic mass is 9.81. The van der Waals surface area contributed by atoms with Gasteiger partial charge in [0.25, 0.3) is 0 Å². The number of hydrogen-bond donors (Lipinski definition) is 0. The van der Waals surface area contributed by atoms with Crippen molar-refractivity contribution in [1.29, 1.82) is 0 Å². The molecule has 0 N–H and O–H groups in total. The summed E-state index contributed by atoms with van der Waals surface area (Å²) >= 11 is 0. The van der Waals surface area contributed by atoms with E-state index in [2.05, 4.69) is 4.74 Å². The molecule has 0 aromatic carbocycles. The van der Waals surface area contributed by atoms with Crippen LogP contribution in [-0.2, 0) is 9.53 Å². The molecule has 0 saturated heterocycles. The van der Waals surface area contributed by atoms with Gasteiger partial charge in [-0.3, -0.25) is 4.79 Å². The zero-order valence-electron chi connectivity index (χ0n) is 7.93. The Morgan fingerprint density at radius 1 is 1.36 bits per heavy atom. The molecule has 0 amide bonds. The maximum Gasteiger partial charge on any atom is 0.391 e. The summed E-state index contributed by atoms with van der Waals surface area (Å²) in [6, 6.07) is 0. The van der Waals surface area contributed by atoms with Crippen LogP contribution in [0.15, 0.2) is 0 Å². The SMILES string of the molecule is COC(=O)[C@@H]1CCC[C@H](C(F)(F)F)C1. The number of methoxy groups -OCH3 is 1. The minimum absolute atomic E-state index is 0.115. The second-order valence-corrected chi connectivity index (χ2v) is 3.63. The van der Waals surface area contributed by atoms with Gasteiger partial charge in [-0.25, -0.2) is 0 Å². The summed E-state index contributed by atoms with van der Waals surface area (Å²) in [5.74, 6) is -2.42. The number of rotatable bonds is 1. The summed E-state index contributed by atoms with van der Waals surface area (Å²) in [6.45, 7) is 0. The van der Waals surface area contributed by atoms with Crippen molar-refractivity contribution >= 4 is 5.97 Å². The standard InChI is InChI=1S/C9H13F3O2/c1-14-8(13)6-3-2-4-7(5-6)9(10,11)12/h6-7H,2-5H2,1H3/t6-,7+/m1/s1. The molecule has 2 atom stereocenters. The third-order valence-electron chi connectivity index (χ3n) is 2.67. The predicted molar refractivity (Wildman–Crippen MR) is 43.5 cm³/mol. The van der Waals surface area contributed by atoms with Crippen LogP contribution in [0.4, 0.5) is 13.2 Å². The maximum absolute atomic E-state index is 12.3. The topological polar surface area (TPSA) is 26.3 Å². The van der Waals surface area contributed by atoms with Gasteiger partial charge in [0.1, 0.15) is 0 Å². The lowest BCUT2D eigenvalue weighted by molar-refractivity contribution is -0.188. The molecule has 0 aromatic rings. The number of carbonyl (C=O) groups excluding carboxylic acids is 1. The van der Waals surface area contributed by atoms with E-state index in [0.717, 1.165) is 0 Å². The monoisotopic (exact) mass is 210 g/mol. The molecule has 1 aliphatic carbocycles. The van der Waals surface area contributed by atoms with Crippen molar-refractivity contribution in [2.75, 3.05) is 7.11 Å². The van der Waals surface area contributed by atoms with E-state index in [4.69, 9.17) is 0 Å². The van der Waals surface area contributed by atoms with E-state index in [1.54, 1.807) is 0 Å². The van der Waals surface area contributed by atoms with E-state index >= 15 is 0 Å². The first-order valence-electron chi connectivity index (χ1n) is 4.59. The van der Waals surface area contributed by atoms with E-state index in [0.29, 0.717) is 12.8 Å². The van der Waals surface area contributed by atoms with Gasteiger partial charge in [0, 0.05) is 0 Å². The van der Waals surface area contributed by atoms with E-state index in [-0.39, 0.29) is 12.8 Å². The number of ether oxygens (including phenoxy) is 1. The van der Waals surface area contributed by atoms with Crippen LogP contribution in [0, 0.1) is 11.8 Å². The number of hydrogen-bond acceptors (Lipinski definition) is 2. The number of alkyl halides is 3. The molecular formula is C9H13F3O2. The maximum atomic E-state index is 12.3. The summed E-state index contributed by atoms with van der Waals surface area (Å²) in [5.41, 5.74) is 0. The quantitative estimate of drug-likeness (QED) is 0.621. The smallest absolute Gasteiger partial charge is 0.391 e. The van der Waals surface area contributed by atoms with Crippen LogP contribution in [0.25, 0.3) is 0 Å². The fraction of sp³-hybridized carbons (Fsp3) is 0.889. The van der Waals surface area contributed by atoms with Gasteiger partial charge in [0.15, 0.2) is 0 Å². The van der Waals surface area contributed by atoms with Crippen LogP contribution in [0.2, 0.25) is 0 Å². The van der Waals surface area contributed by atoms with Crippen LogP contribution in [-0.4, -0.2) is 19.3 Å². The minimum atomic E-state index is -4.17. The normalized spacial score (nSPS) is 28.6. The van der Waals surface area contributed by atoms with Gasteiger partial charge in [-0.2, -0.15) is 13.2 Å². The van der Waals surface area contributed by atoms with E-state index in [1.807, 2.05) is 0 Å². The molecule has 0 radical (unpaired) electrons. The largest absolute Gasteiger partial charge is 0.469 e.